The molecule has 1 atom stereocenters. The van der Waals surface area contributed by atoms with Gasteiger partial charge in [0, 0.05) is 31.8 Å². The quantitative estimate of drug-likeness (QED) is 0.660. The van der Waals surface area contributed by atoms with E-state index in [1.807, 2.05) is 0 Å². The smallest absolute Gasteiger partial charge is 0.0593 e. The van der Waals surface area contributed by atoms with Crippen molar-refractivity contribution in [2.75, 3.05) is 32.8 Å². The highest BCUT2D eigenvalue weighted by Gasteiger charge is 2.23. The summed E-state index contributed by atoms with van der Waals surface area (Å²) in [6.07, 6.45) is 2.68. The third kappa shape index (κ3) is 6.39. The normalized spacial score (nSPS) is 21.9. The molecule has 1 saturated heterocycles. The number of nitrogens with zero attached hydrogens (tertiary/aromatic N) is 1. The summed E-state index contributed by atoms with van der Waals surface area (Å²) in [6.45, 7) is 14.1. The van der Waals surface area contributed by atoms with E-state index < -0.39 is 0 Å². The van der Waals surface area contributed by atoms with Crippen LogP contribution in [-0.4, -0.2) is 49.8 Å². The van der Waals surface area contributed by atoms with E-state index in [-0.39, 0.29) is 0 Å². The number of ether oxygens (including phenoxy) is 1. The van der Waals surface area contributed by atoms with Gasteiger partial charge in [0.25, 0.3) is 0 Å². The molecule has 3 nitrogen and oxygen atoms in total. The zero-order valence-corrected chi connectivity index (χ0v) is 12.0. The van der Waals surface area contributed by atoms with E-state index in [2.05, 4.69) is 37.9 Å². The van der Waals surface area contributed by atoms with Crippen LogP contribution >= 0.6 is 0 Å². The second kappa shape index (κ2) is 8.06. The Morgan fingerprint density at radius 1 is 1.29 bits per heavy atom. The summed E-state index contributed by atoms with van der Waals surface area (Å²) >= 11 is 0. The molecular weight excluding hydrogens is 212 g/mol. The number of likely N-dealkylation sites (tertiary alicyclic amines) is 1. The molecule has 1 N–H and O–H groups in total. The van der Waals surface area contributed by atoms with Gasteiger partial charge >= 0.3 is 0 Å². The zero-order chi connectivity index (χ0) is 12.7. The molecule has 0 amide bonds. The molecule has 1 fully saturated rings. The van der Waals surface area contributed by atoms with Crippen LogP contribution in [0, 0.1) is 5.92 Å². The maximum atomic E-state index is 5.67. The highest BCUT2D eigenvalue weighted by Crippen LogP contribution is 2.16. The van der Waals surface area contributed by atoms with Gasteiger partial charge in [-0.3, -0.25) is 4.90 Å². The molecule has 1 aliphatic rings. The topological polar surface area (TPSA) is 24.5 Å². The van der Waals surface area contributed by atoms with Crippen LogP contribution in [0.4, 0.5) is 0 Å². The SMILES string of the molecule is CC(C)COCCN1CCCC1CNC(C)C. The maximum Gasteiger partial charge on any atom is 0.0593 e. The average molecular weight is 242 g/mol. The molecule has 0 radical (unpaired) electrons. The summed E-state index contributed by atoms with van der Waals surface area (Å²) in [5.41, 5.74) is 0. The van der Waals surface area contributed by atoms with Crippen molar-refractivity contribution >= 4 is 0 Å². The van der Waals surface area contributed by atoms with Gasteiger partial charge in [-0.15, -0.1) is 0 Å². The van der Waals surface area contributed by atoms with Gasteiger partial charge in [0.05, 0.1) is 6.61 Å². The number of nitrogens with one attached hydrogen (secondary N) is 1. The lowest BCUT2D eigenvalue weighted by molar-refractivity contribution is 0.0817. The van der Waals surface area contributed by atoms with E-state index in [9.17, 15) is 0 Å². The van der Waals surface area contributed by atoms with Gasteiger partial charge in [0.2, 0.25) is 0 Å². The largest absolute Gasteiger partial charge is 0.380 e. The van der Waals surface area contributed by atoms with Gasteiger partial charge < -0.3 is 10.1 Å². The van der Waals surface area contributed by atoms with Crippen molar-refractivity contribution in [3.63, 3.8) is 0 Å². The standard InChI is InChI=1S/C14H30N2O/c1-12(2)11-17-9-8-16-7-5-6-14(16)10-15-13(3)4/h12-15H,5-11H2,1-4H3. The predicted molar refractivity (Wildman–Crippen MR) is 73.4 cm³/mol. The van der Waals surface area contributed by atoms with Crippen LogP contribution in [0.2, 0.25) is 0 Å². The first-order valence-corrected chi connectivity index (χ1v) is 7.14. The fraction of sp³-hybridized carbons (Fsp3) is 1.00. The first-order valence-electron chi connectivity index (χ1n) is 7.14. The van der Waals surface area contributed by atoms with Crippen molar-refractivity contribution in [2.45, 2.75) is 52.6 Å². The lowest BCUT2D eigenvalue weighted by Gasteiger charge is -2.25. The van der Waals surface area contributed by atoms with E-state index in [1.54, 1.807) is 0 Å². The molecule has 1 rings (SSSR count). The van der Waals surface area contributed by atoms with Crippen molar-refractivity contribution in [3.05, 3.63) is 0 Å². The van der Waals surface area contributed by atoms with Crippen LogP contribution in [0.3, 0.4) is 0 Å². The van der Waals surface area contributed by atoms with Crippen molar-refractivity contribution in [1.29, 1.82) is 0 Å². The molecule has 0 spiro atoms. The molecule has 3 heteroatoms. The Labute approximate surface area is 107 Å². The van der Waals surface area contributed by atoms with Gasteiger partial charge in [-0.05, 0) is 25.3 Å². The zero-order valence-electron chi connectivity index (χ0n) is 12.0. The molecule has 1 heterocycles. The lowest BCUT2D eigenvalue weighted by Crippen LogP contribution is -2.41. The third-order valence-electron chi connectivity index (χ3n) is 3.23. The molecule has 0 aromatic carbocycles. The summed E-state index contributed by atoms with van der Waals surface area (Å²) < 4.78 is 5.67. The molecule has 0 aromatic heterocycles. The molecule has 17 heavy (non-hydrogen) atoms. The Morgan fingerprint density at radius 3 is 2.71 bits per heavy atom. The van der Waals surface area contributed by atoms with Crippen molar-refractivity contribution in [2.24, 2.45) is 5.92 Å². The van der Waals surface area contributed by atoms with Crippen LogP contribution in [0.15, 0.2) is 0 Å². The van der Waals surface area contributed by atoms with Crippen molar-refractivity contribution in [1.82, 2.24) is 10.2 Å². The van der Waals surface area contributed by atoms with Crippen LogP contribution < -0.4 is 5.32 Å². The maximum absolute atomic E-state index is 5.67. The number of rotatable bonds is 8. The molecule has 102 valence electrons. The van der Waals surface area contributed by atoms with Gasteiger partial charge in [0.1, 0.15) is 0 Å². The Bertz CT molecular complexity index is 195. The monoisotopic (exact) mass is 242 g/mol. The van der Waals surface area contributed by atoms with Gasteiger partial charge in [0.15, 0.2) is 0 Å². The summed E-state index contributed by atoms with van der Waals surface area (Å²) in [5.74, 6) is 0.645. The molecule has 1 aliphatic heterocycles. The second-order valence-electron chi connectivity index (χ2n) is 5.86. The van der Waals surface area contributed by atoms with Crippen LogP contribution in [0.5, 0.6) is 0 Å². The first-order chi connectivity index (χ1) is 8.09. The van der Waals surface area contributed by atoms with E-state index in [4.69, 9.17) is 4.74 Å². The van der Waals surface area contributed by atoms with Crippen molar-refractivity contribution in [3.8, 4) is 0 Å². The molecule has 0 aliphatic carbocycles. The average Bonchev–Trinajstić information content (AvgIpc) is 2.68. The highest BCUT2D eigenvalue weighted by atomic mass is 16.5. The fourth-order valence-corrected chi connectivity index (χ4v) is 2.29. The summed E-state index contributed by atoms with van der Waals surface area (Å²) in [7, 11) is 0. The number of hydrogen-bond donors (Lipinski definition) is 1. The minimum Gasteiger partial charge on any atom is -0.380 e. The molecule has 1 unspecified atom stereocenters. The minimum absolute atomic E-state index is 0.592. The van der Waals surface area contributed by atoms with E-state index in [0.29, 0.717) is 12.0 Å². The predicted octanol–water partition coefficient (Wildman–Crippen LogP) is 2.12. The second-order valence-corrected chi connectivity index (χ2v) is 5.86. The third-order valence-corrected chi connectivity index (χ3v) is 3.23. The molecular formula is C14H30N2O. The van der Waals surface area contributed by atoms with Crippen LogP contribution in [0.1, 0.15) is 40.5 Å². The Morgan fingerprint density at radius 2 is 2.06 bits per heavy atom. The molecule has 0 saturated carbocycles. The van der Waals surface area contributed by atoms with Crippen LogP contribution in [0.25, 0.3) is 0 Å². The number of hydrogen-bond acceptors (Lipinski definition) is 3. The van der Waals surface area contributed by atoms with Crippen LogP contribution in [-0.2, 0) is 4.74 Å². The minimum atomic E-state index is 0.592. The van der Waals surface area contributed by atoms with E-state index >= 15 is 0 Å². The first kappa shape index (κ1) is 14.9. The highest BCUT2D eigenvalue weighted by molar-refractivity contribution is 4.81. The van der Waals surface area contributed by atoms with Crippen molar-refractivity contribution < 1.29 is 4.74 Å². The summed E-state index contributed by atoms with van der Waals surface area (Å²) in [5, 5.41) is 3.54. The van der Waals surface area contributed by atoms with E-state index in [1.165, 1.54) is 19.4 Å². The molecule has 0 aromatic rings. The lowest BCUT2D eigenvalue weighted by atomic mass is 10.2. The van der Waals surface area contributed by atoms with Gasteiger partial charge in [-0.2, -0.15) is 0 Å². The summed E-state index contributed by atoms with van der Waals surface area (Å²) in [6, 6.07) is 1.31. The van der Waals surface area contributed by atoms with E-state index in [0.717, 1.165) is 32.3 Å². The Balaban J connectivity index is 2.13. The van der Waals surface area contributed by atoms with Gasteiger partial charge in [-0.1, -0.05) is 27.7 Å². The fourth-order valence-electron chi connectivity index (χ4n) is 2.29. The van der Waals surface area contributed by atoms with Gasteiger partial charge in [-0.25, -0.2) is 0 Å². The Hall–Kier alpha value is -0.120. The Kier molecular flexibility index (Phi) is 7.09. The summed E-state index contributed by atoms with van der Waals surface area (Å²) in [4.78, 5) is 2.58. The molecule has 0 bridgehead atoms.